The highest BCUT2D eigenvalue weighted by Crippen LogP contribution is 2.37. The second-order valence-corrected chi connectivity index (χ2v) is 9.92. The van der Waals surface area contributed by atoms with Crippen LogP contribution < -0.4 is 10.9 Å². The summed E-state index contributed by atoms with van der Waals surface area (Å²) in [6.45, 7) is 6.44. The zero-order chi connectivity index (χ0) is 21.4. The molecule has 0 aliphatic heterocycles. The Kier molecular flexibility index (Phi) is 5.99. The largest absolute Gasteiger partial charge is 0.353 e. The number of pyridine rings is 2. The lowest BCUT2D eigenvalue weighted by molar-refractivity contribution is -0.127. The summed E-state index contributed by atoms with van der Waals surface area (Å²) in [5, 5.41) is 4.35. The van der Waals surface area contributed by atoms with Crippen molar-refractivity contribution in [2.24, 2.45) is 24.8 Å². The van der Waals surface area contributed by atoms with Gasteiger partial charge in [0.25, 0.3) is 5.56 Å². The van der Waals surface area contributed by atoms with E-state index < -0.39 is 0 Å². The van der Waals surface area contributed by atoms with Crippen LogP contribution in [0.15, 0.2) is 23.1 Å². The standard InChI is InChI=1S/C25H35N3O2/c1-15-6-5-7-18(10-15)24(29)27-20-9-8-16(2)21(13-20)22-12-19-14-26-17(3)11-23(19)28(4)25(22)30/h11-12,14-16,18,20-21H,5-10,13H2,1-4H3,(H,27,29). The van der Waals surface area contributed by atoms with E-state index in [1.54, 1.807) is 4.57 Å². The van der Waals surface area contributed by atoms with Crippen LogP contribution in [0.4, 0.5) is 0 Å². The van der Waals surface area contributed by atoms with Crippen molar-refractivity contribution in [3.05, 3.63) is 39.9 Å². The van der Waals surface area contributed by atoms with E-state index in [2.05, 4.69) is 24.1 Å². The molecule has 162 valence electrons. The minimum absolute atomic E-state index is 0.0815. The fraction of sp³-hybridized carbons (Fsp3) is 0.640. The summed E-state index contributed by atoms with van der Waals surface area (Å²) in [5.41, 5.74) is 2.79. The summed E-state index contributed by atoms with van der Waals surface area (Å²) < 4.78 is 1.76. The third kappa shape index (κ3) is 4.17. The average Bonchev–Trinajstić information content (AvgIpc) is 2.72. The number of aromatic nitrogens is 2. The van der Waals surface area contributed by atoms with Crippen LogP contribution in [0.2, 0.25) is 0 Å². The summed E-state index contributed by atoms with van der Waals surface area (Å²) in [6, 6.07) is 4.17. The van der Waals surface area contributed by atoms with Crippen molar-refractivity contribution in [2.75, 3.05) is 0 Å². The van der Waals surface area contributed by atoms with E-state index in [1.807, 2.05) is 32.3 Å². The molecule has 0 saturated heterocycles. The van der Waals surface area contributed by atoms with Crippen molar-refractivity contribution in [1.29, 1.82) is 0 Å². The van der Waals surface area contributed by atoms with Gasteiger partial charge in [-0.15, -0.1) is 0 Å². The lowest BCUT2D eigenvalue weighted by Gasteiger charge is -2.36. The highest BCUT2D eigenvalue weighted by molar-refractivity contribution is 5.80. The van der Waals surface area contributed by atoms with Gasteiger partial charge in [-0.1, -0.05) is 26.7 Å². The van der Waals surface area contributed by atoms with E-state index in [0.717, 1.165) is 60.7 Å². The Bertz CT molecular complexity index is 996. The molecule has 2 aliphatic carbocycles. The molecule has 5 nitrogen and oxygen atoms in total. The zero-order valence-corrected chi connectivity index (χ0v) is 18.8. The van der Waals surface area contributed by atoms with Gasteiger partial charge in [0.2, 0.25) is 5.91 Å². The Labute approximate surface area is 179 Å². The Morgan fingerprint density at radius 1 is 1.13 bits per heavy atom. The molecule has 0 spiro atoms. The van der Waals surface area contributed by atoms with Crippen molar-refractivity contribution in [3.8, 4) is 0 Å². The van der Waals surface area contributed by atoms with Crippen molar-refractivity contribution in [3.63, 3.8) is 0 Å². The molecular formula is C25H35N3O2. The van der Waals surface area contributed by atoms with Crippen LogP contribution in [-0.2, 0) is 11.8 Å². The van der Waals surface area contributed by atoms with E-state index in [9.17, 15) is 9.59 Å². The van der Waals surface area contributed by atoms with Crippen LogP contribution in [0.25, 0.3) is 10.9 Å². The third-order valence-electron chi connectivity index (χ3n) is 7.52. The molecule has 2 saturated carbocycles. The van der Waals surface area contributed by atoms with Gasteiger partial charge in [-0.3, -0.25) is 14.6 Å². The zero-order valence-electron chi connectivity index (χ0n) is 18.8. The summed E-state index contributed by atoms with van der Waals surface area (Å²) in [4.78, 5) is 30.5. The average molecular weight is 410 g/mol. The summed E-state index contributed by atoms with van der Waals surface area (Å²) >= 11 is 0. The Morgan fingerprint density at radius 3 is 2.70 bits per heavy atom. The molecule has 5 heteroatoms. The molecule has 5 atom stereocenters. The van der Waals surface area contributed by atoms with Crippen LogP contribution >= 0.6 is 0 Å². The van der Waals surface area contributed by atoms with Gasteiger partial charge in [-0.05, 0) is 68.9 Å². The first-order valence-corrected chi connectivity index (χ1v) is 11.6. The predicted octanol–water partition coefficient (Wildman–Crippen LogP) is 4.46. The van der Waals surface area contributed by atoms with Crippen molar-refractivity contribution < 1.29 is 4.79 Å². The number of aryl methyl sites for hydroxylation is 2. The quantitative estimate of drug-likeness (QED) is 0.814. The fourth-order valence-corrected chi connectivity index (χ4v) is 5.63. The number of carbonyl (C=O) groups is 1. The number of nitrogens with zero attached hydrogens (tertiary/aromatic N) is 2. The monoisotopic (exact) mass is 409 g/mol. The topological polar surface area (TPSA) is 64.0 Å². The second kappa shape index (κ2) is 8.52. The third-order valence-corrected chi connectivity index (χ3v) is 7.52. The SMILES string of the molecule is Cc1cc2c(cn1)cc(C1CC(NC(=O)C3CCCC(C)C3)CCC1C)c(=O)n2C. The number of fused-ring (bicyclic) bond motifs is 1. The van der Waals surface area contributed by atoms with Crippen LogP contribution in [0.1, 0.15) is 76.0 Å². The van der Waals surface area contributed by atoms with Crippen molar-refractivity contribution in [1.82, 2.24) is 14.9 Å². The number of amides is 1. The van der Waals surface area contributed by atoms with E-state index in [0.29, 0.717) is 11.8 Å². The maximum atomic E-state index is 13.2. The molecule has 0 radical (unpaired) electrons. The van der Waals surface area contributed by atoms with Crippen LogP contribution in [-0.4, -0.2) is 21.5 Å². The minimum atomic E-state index is 0.0815. The smallest absolute Gasteiger partial charge is 0.254 e. The van der Waals surface area contributed by atoms with Gasteiger partial charge < -0.3 is 9.88 Å². The Morgan fingerprint density at radius 2 is 1.93 bits per heavy atom. The van der Waals surface area contributed by atoms with Gasteiger partial charge in [0.05, 0.1) is 5.52 Å². The molecule has 2 aliphatic rings. The van der Waals surface area contributed by atoms with Crippen LogP contribution in [0, 0.1) is 24.7 Å². The molecule has 1 amide bonds. The Hall–Kier alpha value is -2.17. The first-order valence-electron chi connectivity index (χ1n) is 11.6. The van der Waals surface area contributed by atoms with E-state index in [4.69, 9.17) is 0 Å². The fourth-order valence-electron chi connectivity index (χ4n) is 5.63. The molecule has 0 bridgehead atoms. The van der Waals surface area contributed by atoms with E-state index in [-0.39, 0.29) is 29.3 Å². The number of nitrogens with one attached hydrogen (secondary N) is 1. The minimum Gasteiger partial charge on any atom is -0.353 e. The van der Waals surface area contributed by atoms with Gasteiger partial charge in [-0.25, -0.2) is 0 Å². The second-order valence-electron chi connectivity index (χ2n) is 9.92. The first kappa shape index (κ1) is 21.1. The lowest BCUT2D eigenvalue weighted by Crippen LogP contribution is -2.44. The van der Waals surface area contributed by atoms with Crippen LogP contribution in [0.3, 0.4) is 0 Å². The molecule has 5 unspecified atom stereocenters. The molecule has 2 aromatic heterocycles. The molecule has 2 aromatic rings. The molecular weight excluding hydrogens is 374 g/mol. The highest BCUT2D eigenvalue weighted by atomic mass is 16.2. The predicted molar refractivity (Wildman–Crippen MR) is 121 cm³/mol. The summed E-state index contributed by atoms with van der Waals surface area (Å²) in [6.07, 6.45) is 9.16. The van der Waals surface area contributed by atoms with Crippen molar-refractivity contribution >= 4 is 16.8 Å². The van der Waals surface area contributed by atoms with Gasteiger partial charge in [-0.2, -0.15) is 0 Å². The molecule has 30 heavy (non-hydrogen) atoms. The normalized spacial score (nSPS) is 29.7. The van der Waals surface area contributed by atoms with Crippen molar-refractivity contribution in [2.45, 2.75) is 77.7 Å². The number of hydrogen-bond acceptors (Lipinski definition) is 3. The van der Waals surface area contributed by atoms with E-state index >= 15 is 0 Å². The summed E-state index contributed by atoms with van der Waals surface area (Å²) in [5.74, 6) is 1.63. The lowest BCUT2D eigenvalue weighted by atomic mass is 9.74. The Balaban J connectivity index is 1.55. The highest BCUT2D eigenvalue weighted by Gasteiger charge is 2.33. The maximum Gasteiger partial charge on any atom is 0.254 e. The molecule has 1 N–H and O–H groups in total. The molecule has 2 heterocycles. The number of rotatable bonds is 3. The van der Waals surface area contributed by atoms with Gasteiger partial charge in [0.15, 0.2) is 0 Å². The number of hydrogen-bond donors (Lipinski definition) is 1. The maximum absolute atomic E-state index is 13.2. The molecule has 2 fully saturated rings. The van der Waals surface area contributed by atoms with E-state index in [1.165, 1.54) is 6.42 Å². The summed E-state index contributed by atoms with van der Waals surface area (Å²) in [7, 11) is 1.85. The van der Waals surface area contributed by atoms with Gasteiger partial charge >= 0.3 is 0 Å². The number of carbonyl (C=O) groups excluding carboxylic acids is 1. The molecule has 4 rings (SSSR count). The molecule has 0 aromatic carbocycles. The van der Waals surface area contributed by atoms with Crippen LogP contribution in [0.5, 0.6) is 0 Å². The van der Waals surface area contributed by atoms with Gasteiger partial charge in [0, 0.05) is 41.8 Å². The van der Waals surface area contributed by atoms with Gasteiger partial charge in [0.1, 0.15) is 0 Å². The first-order chi connectivity index (χ1) is 14.3.